The third-order valence-electron chi connectivity index (χ3n) is 1.20. The van der Waals surface area contributed by atoms with E-state index in [9.17, 15) is 0 Å². The Morgan fingerprint density at radius 2 is 2.30 bits per heavy atom. The topological polar surface area (TPSA) is 26.0 Å². The van der Waals surface area contributed by atoms with Crippen LogP contribution in [0.15, 0.2) is 11.6 Å². The van der Waals surface area contributed by atoms with Gasteiger partial charge >= 0.3 is 0 Å². The monoisotopic (exact) mass is 137 g/mol. The molecule has 56 valence electrons. The fraction of sp³-hybridized carbons (Fsp3) is 0.556. The van der Waals surface area contributed by atoms with Gasteiger partial charge in [0.05, 0.1) is 0 Å². The minimum atomic E-state index is 0.733. The van der Waals surface area contributed by atoms with Gasteiger partial charge in [0, 0.05) is 6.42 Å². The minimum absolute atomic E-state index is 0.733. The molecule has 0 saturated heterocycles. The van der Waals surface area contributed by atoms with Gasteiger partial charge in [-0.2, -0.15) is 0 Å². The van der Waals surface area contributed by atoms with Gasteiger partial charge in [-0.05, 0) is 26.8 Å². The van der Waals surface area contributed by atoms with E-state index in [1.54, 1.807) is 0 Å². The van der Waals surface area contributed by atoms with Gasteiger partial charge < -0.3 is 5.73 Å². The molecule has 0 bridgehead atoms. The van der Waals surface area contributed by atoms with Crippen LogP contribution in [0.3, 0.4) is 0 Å². The summed E-state index contributed by atoms with van der Waals surface area (Å²) in [5.41, 5.74) is 6.64. The quantitative estimate of drug-likeness (QED) is 0.465. The molecule has 0 atom stereocenters. The molecule has 0 amide bonds. The average Bonchev–Trinajstić information content (AvgIpc) is 1.97. The maximum absolute atomic E-state index is 5.32. The Morgan fingerprint density at radius 1 is 1.60 bits per heavy atom. The van der Waals surface area contributed by atoms with Gasteiger partial charge in [0.15, 0.2) is 0 Å². The fourth-order valence-corrected chi connectivity index (χ4v) is 0.630. The van der Waals surface area contributed by atoms with E-state index in [-0.39, 0.29) is 0 Å². The van der Waals surface area contributed by atoms with Crippen LogP contribution in [0.1, 0.15) is 26.7 Å². The molecule has 1 heteroatoms. The smallest absolute Gasteiger partial charge is 0.0296 e. The van der Waals surface area contributed by atoms with E-state index in [2.05, 4.69) is 24.8 Å². The molecule has 0 aliphatic heterocycles. The highest BCUT2D eigenvalue weighted by molar-refractivity contribution is 5.10. The lowest BCUT2D eigenvalue weighted by Crippen LogP contribution is -1.95. The van der Waals surface area contributed by atoms with Crippen LogP contribution >= 0.6 is 0 Å². The molecule has 0 radical (unpaired) electrons. The lowest BCUT2D eigenvalue weighted by atomic mass is 10.2. The van der Waals surface area contributed by atoms with Gasteiger partial charge in [-0.25, -0.2) is 0 Å². The van der Waals surface area contributed by atoms with Crippen molar-refractivity contribution >= 4 is 0 Å². The number of rotatable bonds is 3. The third-order valence-corrected chi connectivity index (χ3v) is 1.20. The molecule has 0 aromatic carbocycles. The van der Waals surface area contributed by atoms with Gasteiger partial charge in [-0.15, -0.1) is 5.92 Å². The van der Waals surface area contributed by atoms with E-state index in [0.29, 0.717) is 0 Å². The molecule has 0 spiro atoms. The summed E-state index contributed by atoms with van der Waals surface area (Å²) in [5, 5.41) is 0. The van der Waals surface area contributed by atoms with Crippen LogP contribution in [-0.2, 0) is 0 Å². The predicted molar refractivity (Wildman–Crippen MR) is 45.5 cm³/mol. The maximum Gasteiger partial charge on any atom is 0.0296 e. The molecule has 0 heterocycles. The standard InChI is InChI=1S/C9H15N/c1-3-4-6-9(2)7-5-8-10/h7H,5-6,8,10H2,1-2H3. The largest absolute Gasteiger partial charge is 0.330 e. The van der Waals surface area contributed by atoms with Crippen molar-refractivity contribution in [2.45, 2.75) is 26.7 Å². The normalized spacial score (nSPS) is 10.5. The fourth-order valence-electron chi connectivity index (χ4n) is 0.630. The summed E-state index contributed by atoms with van der Waals surface area (Å²) >= 11 is 0. The average molecular weight is 137 g/mol. The molecule has 0 saturated carbocycles. The van der Waals surface area contributed by atoms with Gasteiger partial charge in [0.1, 0.15) is 0 Å². The summed E-state index contributed by atoms with van der Waals surface area (Å²) in [6, 6.07) is 0. The van der Waals surface area contributed by atoms with Crippen LogP contribution in [-0.4, -0.2) is 6.54 Å². The summed E-state index contributed by atoms with van der Waals surface area (Å²) in [6.45, 7) is 4.67. The Balaban J connectivity index is 3.56. The zero-order chi connectivity index (χ0) is 7.82. The summed E-state index contributed by atoms with van der Waals surface area (Å²) in [5.74, 6) is 5.85. The molecular formula is C9H15N. The summed E-state index contributed by atoms with van der Waals surface area (Å²) in [6.07, 6.45) is 4.00. The first-order valence-electron chi connectivity index (χ1n) is 3.56. The van der Waals surface area contributed by atoms with E-state index in [1.807, 2.05) is 6.92 Å². The highest BCUT2D eigenvalue weighted by Gasteiger charge is 1.82. The van der Waals surface area contributed by atoms with Crippen LogP contribution < -0.4 is 5.73 Å². The summed E-state index contributed by atoms with van der Waals surface area (Å²) in [4.78, 5) is 0. The van der Waals surface area contributed by atoms with Gasteiger partial charge in [0.25, 0.3) is 0 Å². The first kappa shape index (κ1) is 9.26. The second kappa shape index (κ2) is 6.38. The summed E-state index contributed by atoms with van der Waals surface area (Å²) < 4.78 is 0. The molecule has 0 aromatic heterocycles. The highest BCUT2D eigenvalue weighted by atomic mass is 14.5. The van der Waals surface area contributed by atoms with Crippen LogP contribution in [0.4, 0.5) is 0 Å². The first-order valence-corrected chi connectivity index (χ1v) is 3.56. The zero-order valence-corrected chi connectivity index (χ0v) is 6.78. The molecule has 0 aliphatic carbocycles. The lowest BCUT2D eigenvalue weighted by molar-refractivity contribution is 0.989. The van der Waals surface area contributed by atoms with Crippen molar-refractivity contribution in [2.75, 3.05) is 6.54 Å². The minimum Gasteiger partial charge on any atom is -0.330 e. The second-order valence-corrected chi connectivity index (χ2v) is 2.23. The summed E-state index contributed by atoms with van der Waals surface area (Å²) in [7, 11) is 0. The Kier molecular flexibility index (Phi) is 5.91. The first-order chi connectivity index (χ1) is 4.81. The molecule has 0 unspecified atom stereocenters. The van der Waals surface area contributed by atoms with E-state index in [1.165, 1.54) is 5.57 Å². The van der Waals surface area contributed by atoms with Crippen molar-refractivity contribution in [3.8, 4) is 11.8 Å². The van der Waals surface area contributed by atoms with Gasteiger partial charge in [0.2, 0.25) is 0 Å². The SMILES string of the molecule is CC#CCC(C)=CCCN. The van der Waals surface area contributed by atoms with E-state index in [4.69, 9.17) is 5.73 Å². The Hall–Kier alpha value is -0.740. The molecular weight excluding hydrogens is 122 g/mol. The lowest BCUT2D eigenvalue weighted by Gasteiger charge is -1.91. The molecule has 10 heavy (non-hydrogen) atoms. The predicted octanol–water partition coefficient (Wildman–Crippen LogP) is 1.69. The Labute approximate surface area is 63.3 Å². The van der Waals surface area contributed by atoms with Crippen molar-refractivity contribution in [1.82, 2.24) is 0 Å². The molecule has 0 aliphatic rings. The van der Waals surface area contributed by atoms with Crippen molar-refractivity contribution in [2.24, 2.45) is 5.73 Å². The molecule has 0 rings (SSSR count). The van der Waals surface area contributed by atoms with Crippen LogP contribution in [0.25, 0.3) is 0 Å². The van der Waals surface area contributed by atoms with Crippen LogP contribution in [0, 0.1) is 11.8 Å². The number of hydrogen-bond acceptors (Lipinski definition) is 1. The number of nitrogens with two attached hydrogens (primary N) is 1. The van der Waals surface area contributed by atoms with Crippen molar-refractivity contribution in [3.63, 3.8) is 0 Å². The Bertz CT molecular complexity index is 157. The van der Waals surface area contributed by atoms with Crippen molar-refractivity contribution in [3.05, 3.63) is 11.6 Å². The molecule has 2 N–H and O–H groups in total. The van der Waals surface area contributed by atoms with E-state index < -0.39 is 0 Å². The van der Waals surface area contributed by atoms with Gasteiger partial charge in [-0.1, -0.05) is 17.6 Å². The molecule has 1 nitrogen and oxygen atoms in total. The van der Waals surface area contributed by atoms with E-state index >= 15 is 0 Å². The number of hydrogen-bond donors (Lipinski definition) is 1. The third kappa shape index (κ3) is 5.40. The van der Waals surface area contributed by atoms with Crippen molar-refractivity contribution in [1.29, 1.82) is 0 Å². The van der Waals surface area contributed by atoms with Crippen LogP contribution in [0.5, 0.6) is 0 Å². The molecule has 0 fully saturated rings. The zero-order valence-electron chi connectivity index (χ0n) is 6.78. The second-order valence-electron chi connectivity index (χ2n) is 2.23. The number of allylic oxidation sites excluding steroid dienone is 1. The van der Waals surface area contributed by atoms with E-state index in [0.717, 1.165) is 19.4 Å². The van der Waals surface area contributed by atoms with Crippen LogP contribution in [0.2, 0.25) is 0 Å². The Morgan fingerprint density at radius 3 is 2.80 bits per heavy atom. The van der Waals surface area contributed by atoms with Crippen molar-refractivity contribution < 1.29 is 0 Å². The maximum atomic E-state index is 5.32. The highest BCUT2D eigenvalue weighted by Crippen LogP contribution is 1.98. The molecule has 0 aromatic rings. The van der Waals surface area contributed by atoms with Gasteiger partial charge in [-0.3, -0.25) is 0 Å².